The van der Waals surface area contributed by atoms with Gasteiger partial charge in [-0.25, -0.2) is 4.68 Å². The van der Waals surface area contributed by atoms with Crippen LogP contribution in [0, 0.1) is 6.92 Å². The van der Waals surface area contributed by atoms with E-state index in [2.05, 4.69) is 10.3 Å². The fraction of sp³-hybridized carbons (Fsp3) is 0.667. The predicted molar refractivity (Wildman–Crippen MR) is 71.5 cm³/mol. The summed E-state index contributed by atoms with van der Waals surface area (Å²) in [4.78, 5) is 22.6. The molecule has 1 heterocycles. The molecule has 1 aromatic heterocycles. The predicted octanol–water partition coefficient (Wildman–Crippen LogP) is -0.718. The van der Waals surface area contributed by atoms with Gasteiger partial charge >= 0.3 is 5.97 Å². The van der Waals surface area contributed by atoms with Gasteiger partial charge in [-0.2, -0.15) is 0 Å². The van der Waals surface area contributed by atoms with Gasteiger partial charge in [0, 0.05) is 6.61 Å². The van der Waals surface area contributed by atoms with E-state index in [1.165, 1.54) is 4.68 Å². The summed E-state index contributed by atoms with van der Waals surface area (Å²) in [5.74, 6) is -1.18. The highest BCUT2D eigenvalue weighted by atomic mass is 16.6. The zero-order valence-electron chi connectivity index (χ0n) is 12.2. The third-order valence-electron chi connectivity index (χ3n) is 2.56. The van der Waals surface area contributed by atoms with E-state index in [0.29, 0.717) is 32.1 Å². The zero-order valence-corrected chi connectivity index (χ0v) is 12.2. The number of ether oxygens (including phenoxy) is 3. The molecule has 0 spiro atoms. The number of primary amides is 1. The second-order valence-electron chi connectivity index (χ2n) is 4.08. The van der Waals surface area contributed by atoms with Crippen LogP contribution in [0.2, 0.25) is 0 Å². The quantitative estimate of drug-likeness (QED) is 0.447. The van der Waals surface area contributed by atoms with Crippen molar-refractivity contribution in [3.63, 3.8) is 0 Å². The summed E-state index contributed by atoms with van der Waals surface area (Å²) in [6, 6.07) is 0. The fourth-order valence-electron chi connectivity index (χ4n) is 1.48. The number of carbonyl (C=O) groups excluding carboxylic acids is 2. The van der Waals surface area contributed by atoms with Gasteiger partial charge in [0.05, 0.1) is 25.5 Å². The van der Waals surface area contributed by atoms with E-state index < -0.39 is 11.9 Å². The number of amides is 1. The molecule has 118 valence electrons. The highest BCUT2D eigenvalue weighted by Crippen LogP contribution is 2.02. The van der Waals surface area contributed by atoms with Crippen LogP contribution in [0.15, 0.2) is 0 Å². The second-order valence-corrected chi connectivity index (χ2v) is 4.08. The number of carbonyl (C=O) groups is 2. The maximum absolute atomic E-state index is 11.6. The zero-order chi connectivity index (χ0) is 15.7. The Morgan fingerprint density at radius 2 is 1.86 bits per heavy atom. The summed E-state index contributed by atoms with van der Waals surface area (Å²) in [6.45, 7) is 5.41. The van der Waals surface area contributed by atoms with E-state index in [1.54, 1.807) is 6.92 Å². The SMILES string of the molecule is CCOCCOCCOC(=O)Cn1nnc(C(N)=O)c1C. The number of rotatable bonds is 10. The molecule has 0 fully saturated rings. The van der Waals surface area contributed by atoms with Crippen LogP contribution in [-0.2, 0) is 25.5 Å². The van der Waals surface area contributed by atoms with Gasteiger partial charge in [-0.15, -0.1) is 5.10 Å². The van der Waals surface area contributed by atoms with E-state index in [1.807, 2.05) is 6.92 Å². The summed E-state index contributed by atoms with van der Waals surface area (Å²) in [6.07, 6.45) is 0. The van der Waals surface area contributed by atoms with Crippen molar-refractivity contribution in [2.24, 2.45) is 5.73 Å². The van der Waals surface area contributed by atoms with Gasteiger partial charge < -0.3 is 19.9 Å². The van der Waals surface area contributed by atoms with Gasteiger partial charge in [0.15, 0.2) is 5.69 Å². The van der Waals surface area contributed by atoms with Crippen LogP contribution >= 0.6 is 0 Å². The van der Waals surface area contributed by atoms with E-state index in [-0.39, 0.29) is 18.8 Å². The Balaban J connectivity index is 2.23. The van der Waals surface area contributed by atoms with Crippen molar-refractivity contribution in [2.75, 3.05) is 33.0 Å². The van der Waals surface area contributed by atoms with Crippen molar-refractivity contribution in [1.29, 1.82) is 0 Å². The van der Waals surface area contributed by atoms with E-state index in [9.17, 15) is 9.59 Å². The van der Waals surface area contributed by atoms with E-state index in [0.717, 1.165) is 0 Å². The second kappa shape index (κ2) is 9.03. The van der Waals surface area contributed by atoms with Gasteiger partial charge in [0.25, 0.3) is 5.91 Å². The molecule has 2 N–H and O–H groups in total. The largest absolute Gasteiger partial charge is 0.462 e. The smallest absolute Gasteiger partial charge is 0.327 e. The normalized spacial score (nSPS) is 10.6. The third kappa shape index (κ3) is 5.88. The minimum atomic E-state index is -0.685. The van der Waals surface area contributed by atoms with Crippen molar-refractivity contribution in [2.45, 2.75) is 20.4 Å². The molecule has 0 unspecified atom stereocenters. The summed E-state index contributed by atoms with van der Waals surface area (Å²) < 4.78 is 16.5. The third-order valence-corrected chi connectivity index (χ3v) is 2.56. The van der Waals surface area contributed by atoms with Crippen LogP contribution in [0.5, 0.6) is 0 Å². The lowest BCUT2D eigenvalue weighted by molar-refractivity contribution is -0.146. The van der Waals surface area contributed by atoms with Crippen molar-refractivity contribution >= 4 is 11.9 Å². The van der Waals surface area contributed by atoms with Crippen molar-refractivity contribution in [3.8, 4) is 0 Å². The molecular formula is C12H20N4O5. The van der Waals surface area contributed by atoms with Crippen LogP contribution in [-0.4, -0.2) is 59.9 Å². The average molecular weight is 300 g/mol. The van der Waals surface area contributed by atoms with Crippen LogP contribution in [0.1, 0.15) is 23.1 Å². The average Bonchev–Trinajstić information content (AvgIpc) is 2.79. The number of aromatic nitrogens is 3. The lowest BCUT2D eigenvalue weighted by Gasteiger charge is -2.07. The van der Waals surface area contributed by atoms with Crippen LogP contribution in [0.4, 0.5) is 0 Å². The molecule has 9 heteroatoms. The van der Waals surface area contributed by atoms with Gasteiger partial charge in [-0.1, -0.05) is 5.21 Å². The number of nitrogens with zero attached hydrogens (tertiary/aromatic N) is 3. The van der Waals surface area contributed by atoms with Crippen molar-refractivity contribution in [1.82, 2.24) is 15.0 Å². The standard InChI is InChI=1S/C12H20N4O5/c1-3-19-4-5-20-6-7-21-10(17)8-16-9(2)11(12(13)18)14-15-16/h3-8H2,1-2H3,(H2,13,18). The molecule has 0 aliphatic rings. The fourth-order valence-corrected chi connectivity index (χ4v) is 1.48. The molecule has 1 aromatic rings. The Hall–Kier alpha value is -2.00. The molecule has 9 nitrogen and oxygen atoms in total. The highest BCUT2D eigenvalue weighted by molar-refractivity contribution is 5.91. The summed E-state index contributed by atoms with van der Waals surface area (Å²) >= 11 is 0. The Kier molecular flexibility index (Phi) is 7.33. The maximum atomic E-state index is 11.6. The Morgan fingerprint density at radius 3 is 2.48 bits per heavy atom. The van der Waals surface area contributed by atoms with Gasteiger partial charge in [-0.3, -0.25) is 9.59 Å². The Labute approximate surface area is 122 Å². The number of nitrogens with two attached hydrogens (primary N) is 1. The number of esters is 1. The molecule has 0 saturated heterocycles. The first-order valence-corrected chi connectivity index (χ1v) is 6.57. The molecule has 1 amide bonds. The number of hydrogen-bond donors (Lipinski definition) is 1. The van der Waals surface area contributed by atoms with Gasteiger partial charge in [0.1, 0.15) is 13.2 Å². The molecule has 0 atom stereocenters. The Bertz CT molecular complexity index is 474. The van der Waals surface area contributed by atoms with Crippen LogP contribution in [0.25, 0.3) is 0 Å². The molecule has 0 aliphatic heterocycles. The van der Waals surface area contributed by atoms with Gasteiger partial charge in [-0.05, 0) is 13.8 Å². The molecule has 0 saturated carbocycles. The minimum absolute atomic E-state index is 0.0436. The Morgan fingerprint density at radius 1 is 1.19 bits per heavy atom. The first-order chi connectivity index (χ1) is 10.1. The maximum Gasteiger partial charge on any atom is 0.327 e. The first kappa shape index (κ1) is 17.1. The summed E-state index contributed by atoms with van der Waals surface area (Å²) in [7, 11) is 0. The topological polar surface area (TPSA) is 119 Å². The molecule has 0 aliphatic carbocycles. The molecule has 21 heavy (non-hydrogen) atoms. The molecule has 0 bridgehead atoms. The first-order valence-electron chi connectivity index (χ1n) is 6.57. The summed E-state index contributed by atoms with van der Waals surface area (Å²) in [5, 5.41) is 7.27. The van der Waals surface area contributed by atoms with Crippen molar-refractivity contribution < 1.29 is 23.8 Å². The lowest BCUT2D eigenvalue weighted by atomic mass is 10.3. The number of hydrogen-bond acceptors (Lipinski definition) is 7. The molecular weight excluding hydrogens is 280 g/mol. The van der Waals surface area contributed by atoms with Crippen LogP contribution < -0.4 is 5.73 Å². The van der Waals surface area contributed by atoms with Gasteiger partial charge in [0.2, 0.25) is 0 Å². The van der Waals surface area contributed by atoms with Crippen LogP contribution in [0.3, 0.4) is 0 Å². The highest BCUT2D eigenvalue weighted by Gasteiger charge is 2.15. The van der Waals surface area contributed by atoms with E-state index in [4.69, 9.17) is 19.9 Å². The minimum Gasteiger partial charge on any atom is -0.462 e. The monoisotopic (exact) mass is 300 g/mol. The van der Waals surface area contributed by atoms with E-state index >= 15 is 0 Å². The van der Waals surface area contributed by atoms with Crippen molar-refractivity contribution in [3.05, 3.63) is 11.4 Å². The lowest BCUT2D eigenvalue weighted by Crippen LogP contribution is -2.19. The molecule has 0 radical (unpaired) electrons. The molecule has 0 aromatic carbocycles. The summed E-state index contributed by atoms with van der Waals surface area (Å²) in [5.41, 5.74) is 5.58. The molecule has 1 rings (SSSR count).